The van der Waals surface area contributed by atoms with Gasteiger partial charge in [0.1, 0.15) is 29.0 Å². The van der Waals surface area contributed by atoms with Crippen LogP contribution in [0.2, 0.25) is 0 Å². The molecule has 354 valence electrons. The number of methoxy groups -OCH3 is 1. The number of aliphatic hydroxyl groups is 2. The van der Waals surface area contributed by atoms with Crippen molar-refractivity contribution < 1.29 is 48.3 Å². The summed E-state index contributed by atoms with van der Waals surface area (Å²) < 4.78 is 32.8. The van der Waals surface area contributed by atoms with Crippen LogP contribution in [-0.2, 0) is 25.7 Å². The van der Waals surface area contributed by atoms with Crippen LogP contribution >= 0.6 is 0 Å². The molecule has 2 saturated carbocycles. The van der Waals surface area contributed by atoms with Gasteiger partial charge in [0.2, 0.25) is 18.0 Å². The third-order valence-electron chi connectivity index (χ3n) is 14.4. The first-order chi connectivity index (χ1) is 32.9. The molecule has 0 bridgehead atoms. The van der Waals surface area contributed by atoms with Crippen LogP contribution < -0.4 is 14.2 Å². The molecule has 0 aromatic heterocycles. The number of carbonyl (C=O) groups is 2. The quantitative estimate of drug-likeness (QED) is 0.0359. The van der Waals surface area contributed by atoms with E-state index in [4.69, 9.17) is 33.7 Å². The zero-order chi connectivity index (χ0) is 46.3. The summed E-state index contributed by atoms with van der Waals surface area (Å²) in [6.07, 6.45) is 13.5. The van der Waals surface area contributed by atoms with Crippen LogP contribution in [0.1, 0.15) is 104 Å². The van der Waals surface area contributed by atoms with Gasteiger partial charge in [0.25, 0.3) is 0 Å². The summed E-state index contributed by atoms with van der Waals surface area (Å²) in [5, 5.41) is 27.3. The van der Waals surface area contributed by atoms with Gasteiger partial charge in [-0.05, 0) is 122 Å². The van der Waals surface area contributed by atoms with Crippen LogP contribution in [-0.4, -0.2) is 84.7 Å². The molecule has 12 nitrogen and oxygen atoms in total. The molecular formula is C55H64N2O10. The Labute approximate surface area is 393 Å². The first-order valence-electron chi connectivity index (χ1n) is 24.3. The van der Waals surface area contributed by atoms with Gasteiger partial charge in [-0.2, -0.15) is 0 Å². The number of ether oxygens (including phenoxy) is 5. The van der Waals surface area contributed by atoms with Crippen molar-refractivity contribution in [2.24, 2.45) is 28.8 Å². The van der Waals surface area contributed by atoms with Crippen LogP contribution in [0.5, 0.6) is 23.0 Å². The molecule has 1 unspecified atom stereocenters. The molecule has 1 amide bonds. The second kappa shape index (κ2) is 21.2. The highest BCUT2D eigenvalue weighted by Crippen LogP contribution is 2.62. The Morgan fingerprint density at radius 2 is 1.73 bits per heavy atom. The largest absolute Gasteiger partial charge is 0.496 e. The molecular weight excluding hydrogens is 849 g/mol. The minimum absolute atomic E-state index is 0.0273. The second-order valence-electron chi connectivity index (χ2n) is 18.7. The molecule has 3 fully saturated rings. The fourth-order valence-electron chi connectivity index (χ4n) is 11.2. The lowest BCUT2D eigenvalue weighted by Crippen LogP contribution is -2.70. The molecule has 4 aromatic rings. The summed E-state index contributed by atoms with van der Waals surface area (Å²) in [6.45, 7) is 5.38. The van der Waals surface area contributed by atoms with Gasteiger partial charge in [0, 0.05) is 50.0 Å². The van der Waals surface area contributed by atoms with E-state index in [1.165, 1.54) is 7.11 Å². The van der Waals surface area contributed by atoms with Gasteiger partial charge in [-0.3, -0.25) is 9.59 Å². The van der Waals surface area contributed by atoms with Crippen molar-refractivity contribution in [1.29, 1.82) is 0 Å². The summed E-state index contributed by atoms with van der Waals surface area (Å²) >= 11 is 0. The van der Waals surface area contributed by atoms with Gasteiger partial charge in [-0.1, -0.05) is 72.6 Å². The highest BCUT2D eigenvalue weighted by atomic mass is 16.8. The van der Waals surface area contributed by atoms with Crippen LogP contribution in [0.15, 0.2) is 108 Å². The van der Waals surface area contributed by atoms with Crippen LogP contribution in [0.3, 0.4) is 0 Å². The number of nitrogens with zero attached hydrogens (tertiary/aromatic N) is 2. The van der Waals surface area contributed by atoms with Crippen molar-refractivity contribution in [3.63, 3.8) is 0 Å². The van der Waals surface area contributed by atoms with Gasteiger partial charge in [-0.15, -0.1) is 6.58 Å². The van der Waals surface area contributed by atoms with E-state index in [0.29, 0.717) is 61.0 Å². The monoisotopic (exact) mass is 912 g/mol. The number of unbranched alkanes of at least 4 members (excludes halogenated alkanes) is 2. The summed E-state index contributed by atoms with van der Waals surface area (Å²) in [5.41, 5.74) is 4.02. The lowest BCUT2D eigenvalue weighted by molar-refractivity contribution is -0.258. The molecule has 7 atom stereocenters. The topological polar surface area (TPSA) is 146 Å². The Hall–Kier alpha value is -5.53. The first-order valence-corrected chi connectivity index (χ1v) is 24.3. The average Bonchev–Trinajstić information content (AvgIpc) is 4.22. The van der Waals surface area contributed by atoms with Crippen molar-refractivity contribution in [1.82, 2.24) is 4.90 Å². The van der Waals surface area contributed by atoms with Gasteiger partial charge in [0.15, 0.2) is 6.29 Å². The fraction of sp³-hybridized carbons (Fsp3) is 0.473. The number of benzene rings is 4. The Morgan fingerprint density at radius 1 is 0.940 bits per heavy atom. The van der Waals surface area contributed by atoms with E-state index < -0.39 is 24.0 Å². The lowest BCUT2D eigenvalue weighted by Gasteiger charge is -2.60. The zero-order valence-corrected chi connectivity index (χ0v) is 38.6. The van der Waals surface area contributed by atoms with Crippen molar-refractivity contribution in [3.8, 4) is 23.0 Å². The van der Waals surface area contributed by atoms with E-state index in [9.17, 15) is 15.0 Å². The van der Waals surface area contributed by atoms with E-state index in [0.717, 1.165) is 97.3 Å². The predicted octanol–water partition coefficient (Wildman–Crippen LogP) is 10.1. The lowest BCUT2D eigenvalue weighted by atomic mass is 9.55. The van der Waals surface area contributed by atoms with Gasteiger partial charge >= 0.3 is 0 Å². The zero-order valence-electron chi connectivity index (χ0n) is 38.6. The summed E-state index contributed by atoms with van der Waals surface area (Å²) in [6, 6.07) is 24.9. The molecule has 0 radical (unpaired) electrons. The minimum atomic E-state index is -1.41. The molecule has 2 heterocycles. The number of rotatable bonds is 21. The molecule has 12 heteroatoms. The van der Waals surface area contributed by atoms with Crippen molar-refractivity contribution in [2.75, 3.05) is 33.5 Å². The predicted molar refractivity (Wildman–Crippen MR) is 255 cm³/mol. The fourth-order valence-corrected chi connectivity index (χ4v) is 11.2. The second-order valence-corrected chi connectivity index (χ2v) is 18.7. The number of aldehydes is 1. The number of fused-ring (bicyclic) bond motifs is 3. The van der Waals surface area contributed by atoms with Crippen LogP contribution in [0, 0.1) is 23.7 Å². The minimum Gasteiger partial charge on any atom is -0.496 e. The smallest absolute Gasteiger partial charge is 0.239 e. The first kappa shape index (κ1) is 46.6. The third kappa shape index (κ3) is 9.77. The number of aliphatic hydroxyl groups excluding tert-OH is 2. The normalized spacial score (nSPS) is 25.8. The Kier molecular flexibility index (Phi) is 14.7. The van der Waals surface area contributed by atoms with E-state index >= 15 is 4.79 Å². The molecule has 3 aliphatic carbocycles. The Bertz CT molecular complexity index is 2450. The van der Waals surface area contributed by atoms with Crippen LogP contribution in [0.4, 0.5) is 0 Å². The number of carbonyl (C=O) groups excluding carboxylic acids is 2. The number of hydrogen-bond donors (Lipinski definition) is 2. The summed E-state index contributed by atoms with van der Waals surface area (Å²) in [4.78, 5) is 35.6. The number of oxime groups is 1. The molecule has 5 aliphatic rings. The number of allylic oxidation sites excluding steroid dienone is 1. The molecule has 0 spiro atoms. The maximum atomic E-state index is 15.2. The molecule has 2 aliphatic heterocycles. The SMILES string of the molecule is C=CCO[C@@]12Oc3ccc(Oc4ccc(OC)c(C=O)c4)cc3[C@H]3[C@H](CCCCO)[C@@H](CCCCO)C=C(C(=NOC4CCCCO4)C[C@@H]1N(Cc1cccc4ccccc14)C(=O)C1CC1)[C@H]32. The number of hydrogen-bond acceptors (Lipinski definition) is 11. The Balaban J connectivity index is 1.25. The summed E-state index contributed by atoms with van der Waals surface area (Å²) in [5.74, 6) is 0.00835. The maximum Gasteiger partial charge on any atom is 0.239 e. The van der Waals surface area contributed by atoms with E-state index in [2.05, 4.69) is 43.0 Å². The maximum absolute atomic E-state index is 15.2. The van der Waals surface area contributed by atoms with Gasteiger partial charge < -0.3 is 43.6 Å². The number of amides is 1. The average molecular weight is 913 g/mol. The third-order valence-corrected chi connectivity index (χ3v) is 14.4. The highest BCUT2D eigenvalue weighted by molar-refractivity contribution is 6.03. The molecule has 67 heavy (non-hydrogen) atoms. The van der Waals surface area contributed by atoms with Crippen LogP contribution in [0.25, 0.3) is 10.8 Å². The van der Waals surface area contributed by atoms with Crippen molar-refractivity contribution in [3.05, 3.63) is 120 Å². The molecule has 2 N–H and O–H groups in total. The standard InChI is InChI=1S/C55H64N2O10/c1-3-28-64-55-50(57(54(61)37-20-21-37)34-39-16-12-15-36-13-4-5-17-43(36)39)33-47(56-67-51-19-8-11-29-63-51)45-31-38(14-6-9-26-58)44(18-7-10-27-59)52(53(45)55)46-32-42(23-25-49(46)66-55)65-41-22-24-48(62-2)40(30-41)35-60/h3-5,12-13,15-17,22-25,30-32,35,37-38,44,50-53,58-59H,1,6-11,14,18-21,26-29,33-34H2,2H3/t38-,44+,50-,51?,52+,53+,55+/m0/s1. The van der Waals surface area contributed by atoms with Crippen molar-refractivity contribution in [2.45, 2.75) is 108 Å². The molecule has 4 aromatic carbocycles. The highest BCUT2D eigenvalue weighted by Gasteiger charge is 2.66. The van der Waals surface area contributed by atoms with E-state index in [1.807, 2.05) is 35.2 Å². The van der Waals surface area contributed by atoms with Gasteiger partial charge in [-0.25, -0.2) is 0 Å². The van der Waals surface area contributed by atoms with Crippen molar-refractivity contribution >= 4 is 28.7 Å². The van der Waals surface area contributed by atoms with Gasteiger partial charge in [0.05, 0.1) is 37.5 Å². The van der Waals surface area contributed by atoms with E-state index in [-0.39, 0.29) is 49.4 Å². The molecule has 9 rings (SSSR count). The summed E-state index contributed by atoms with van der Waals surface area (Å²) in [7, 11) is 1.53. The molecule has 1 saturated heterocycles. The van der Waals surface area contributed by atoms with E-state index in [1.54, 1.807) is 24.3 Å². The Morgan fingerprint density at radius 3 is 2.49 bits per heavy atom.